The van der Waals surface area contributed by atoms with Crippen LogP contribution in [0.25, 0.3) is 0 Å². The van der Waals surface area contributed by atoms with Crippen molar-refractivity contribution in [1.29, 1.82) is 0 Å². The van der Waals surface area contributed by atoms with Crippen molar-refractivity contribution in [3.8, 4) is 0 Å². The standard InChI is InChI=1S/C14H20N4O2S/c1-11-12(10-16-18(11)4)9-15-13-6-5-7-14(8-13)21(19,20)17(2)3/h5-8,10,15H,9H2,1-4H3. The number of aryl methyl sites for hydroxylation is 1. The number of nitrogens with zero attached hydrogens (tertiary/aromatic N) is 3. The number of rotatable bonds is 5. The Bertz CT molecular complexity index is 735. The maximum Gasteiger partial charge on any atom is 0.242 e. The van der Waals surface area contributed by atoms with Gasteiger partial charge in [-0.05, 0) is 25.1 Å². The van der Waals surface area contributed by atoms with E-state index >= 15 is 0 Å². The van der Waals surface area contributed by atoms with E-state index in [1.807, 2.05) is 30.9 Å². The molecule has 0 bridgehead atoms. The molecule has 0 aliphatic rings. The van der Waals surface area contributed by atoms with Crippen LogP contribution in [0.3, 0.4) is 0 Å². The first-order valence-electron chi connectivity index (χ1n) is 6.56. The van der Waals surface area contributed by atoms with Crippen LogP contribution in [0.1, 0.15) is 11.3 Å². The van der Waals surface area contributed by atoms with Gasteiger partial charge < -0.3 is 5.32 Å². The van der Waals surface area contributed by atoms with Gasteiger partial charge in [0.15, 0.2) is 0 Å². The van der Waals surface area contributed by atoms with Crippen molar-refractivity contribution < 1.29 is 8.42 Å². The fraction of sp³-hybridized carbons (Fsp3) is 0.357. The Morgan fingerprint density at radius 3 is 2.62 bits per heavy atom. The Labute approximate surface area is 125 Å². The van der Waals surface area contributed by atoms with E-state index < -0.39 is 10.0 Å². The zero-order chi connectivity index (χ0) is 15.6. The fourth-order valence-corrected chi connectivity index (χ4v) is 2.84. The summed E-state index contributed by atoms with van der Waals surface area (Å²) in [5, 5.41) is 7.41. The van der Waals surface area contributed by atoms with E-state index in [1.165, 1.54) is 18.4 Å². The molecule has 1 aromatic heterocycles. The van der Waals surface area contributed by atoms with Crippen molar-refractivity contribution in [2.45, 2.75) is 18.4 Å². The molecular weight excluding hydrogens is 288 g/mol. The largest absolute Gasteiger partial charge is 0.381 e. The molecule has 0 amide bonds. The number of sulfonamides is 1. The first kappa shape index (κ1) is 15.5. The second-order valence-corrected chi connectivity index (χ2v) is 7.20. The highest BCUT2D eigenvalue weighted by Crippen LogP contribution is 2.19. The summed E-state index contributed by atoms with van der Waals surface area (Å²) in [4.78, 5) is 0.278. The van der Waals surface area contributed by atoms with Crippen LogP contribution in [0.4, 0.5) is 5.69 Å². The Kier molecular flexibility index (Phi) is 4.34. The van der Waals surface area contributed by atoms with Crippen molar-refractivity contribution in [3.05, 3.63) is 41.7 Å². The zero-order valence-electron chi connectivity index (χ0n) is 12.7. The summed E-state index contributed by atoms with van der Waals surface area (Å²) in [5.74, 6) is 0. The molecular formula is C14H20N4O2S. The van der Waals surface area contributed by atoms with Gasteiger partial charge in [-0.1, -0.05) is 6.07 Å². The minimum absolute atomic E-state index is 0.278. The summed E-state index contributed by atoms with van der Waals surface area (Å²) < 4.78 is 27.2. The van der Waals surface area contributed by atoms with Crippen LogP contribution in [-0.2, 0) is 23.6 Å². The monoisotopic (exact) mass is 308 g/mol. The summed E-state index contributed by atoms with van der Waals surface area (Å²) >= 11 is 0. The van der Waals surface area contributed by atoms with Crippen molar-refractivity contribution in [3.63, 3.8) is 0 Å². The highest BCUT2D eigenvalue weighted by molar-refractivity contribution is 7.89. The Hall–Kier alpha value is -1.86. The van der Waals surface area contributed by atoms with Crippen molar-refractivity contribution >= 4 is 15.7 Å². The molecule has 1 N–H and O–H groups in total. The van der Waals surface area contributed by atoms with Gasteiger partial charge in [-0.3, -0.25) is 4.68 Å². The van der Waals surface area contributed by atoms with Gasteiger partial charge >= 0.3 is 0 Å². The van der Waals surface area contributed by atoms with Gasteiger partial charge in [-0.15, -0.1) is 0 Å². The highest BCUT2D eigenvalue weighted by Gasteiger charge is 2.17. The molecule has 1 aromatic carbocycles. The number of hydrogen-bond donors (Lipinski definition) is 1. The van der Waals surface area contributed by atoms with E-state index in [0.717, 1.165) is 16.9 Å². The molecule has 2 aromatic rings. The Morgan fingerprint density at radius 2 is 2.05 bits per heavy atom. The lowest BCUT2D eigenvalue weighted by Gasteiger charge is -2.13. The number of benzene rings is 1. The summed E-state index contributed by atoms with van der Waals surface area (Å²) in [7, 11) is 1.53. The van der Waals surface area contributed by atoms with E-state index in [-0.39, 0.29) is 4.90 Å². The summed E-state index contributed by atoms with van der Waals surface area (Å²) in [6.45, 7) is 2.60. The zero-order valence-corrected chi connectivity index (χ0v) is 13.5. The normalized spacial score (nSPS) is 11.9. The van der Waals surface area contributed by atoms with Crippen molar-refractivity contribution in [1.82, 2.24) is 14.1 Å². The topological polar surface area (TPSA) is 67.2 Å². The lowest BCUT2D eigenvalue weighted by molar-refractivity contribution is 0.521. The van der Waals surface area contributed by atoms with Crippen LogP contribution >= 0.6 is 0 Å². The quantitative estimate of drug-likeness (QED) is 0.911. The van der Waals surface area contributed by atoms with Crippen molar-refractivity contribution in [2.75, 3.05) is 19.4 Å². The first-order valence-corrected chi connectivity index (χ1v) is 8.00. The molecule has 0 radical (unpaired) electrons. The van der Waals surface area contributed by atoms with Gasteiger partial charge in [0, 0.05) is 44.6 Å². The SMILES string of the molecule is Cc1c(CNc2cccc(S(=O)(=O)N(C)C)c2)cnn1C. The minimum atomic E-state index is -3.41. The molecule has 1 heterocycles. The molecule has 2 rings (SSSR count). The first-order chi connectivity index (χ1) is 9.82. The van der Waals surface area contributed by atoms with Gasteiger partial charge in [0.25, 0.3) is 0 Å². The Morgan fingerprint density at radius 1 is 1.33 bits per heavy atom. The van der Waals surface area contributed by atoms with Crippen molar-refractivity contribution in [2.24, 2.45) is 7.05 Å². The molecule has 114 valence electrons. The molecule has 0 spiro atoms. The van der Waals surface area contributed by atoms with Crippen LogP contribution in [0.5, 0.6) is 0 Å². The van der Waals surface area contributed by atoms with Gasteiger partial charge in [-0.25, -0.2) is 12.7 Å². The van der Waals surface area contributed by atoms with Crippen LogP contribution in [0, 0.1) is 6.92 Å². The maximum absolute atomic E-state index is 12.1. The lowest BCUT2D eigenvalue weighted by atomic mass is 10.2. The predicted octanol–water partition coefficient (Wildman–Crippen LogP) is 1.59. The highest BCUT2D eigenvalue weighted by atomic mass is 32.2. The van der Waals surface area contributed by atoms with Gasteiger partial charge in [-0.2, -0.15) is 5.10 Å². The molecule has 6 nitrogen and oxygen atoms in total. The molecule has 0 unspecified atom stereocenters. The molecule has 0 aliphatic heterocycles. The van der Waals surface area contributed by atoms with E-state index in [9.17, 15) is 8.42 Å². The number of hydrogen-bond acceptors (Lipinski definition) is 4. The molecule has 7 heteroatoms. The van der Waals surface area contributed by atoms with E-state index in [4.69, 9.17) is 0 Å². The number of nitrogens with one attached hydrogen (secondary N) is 1. The van der Waals surface area contributed by atoms with Crippen LogP contribution in [0.2, 0.25) is 0 Å². The van der Waals surface area contributed by atoms with Crippen LogP contribution in [-0.4, -0.2) is 36.6 Å². The van der Waals surface area contributed by atoms with Gasteiger partial charge in [0.05, 0.1) is 11.1 Å². The molecule has 0 saturated heterocycles. The van der Waals surface area contributed by atoms with Crippen LogP contribution in [0.15, 0.2) is 35.4 Å². The Balaban J connectivity index is 2.17. The molecule has 0 saturated carbocycles. The molecule has 0 atom stereocenters. The average molecular weight is 308 g/mol. The fourth-order valence-electron chi connectivity index (χ4n) is 1.89. The lowest BCUT2D eigenvalue weighted by Crippen LogP contribution is -2.22. The molecule has 0 fully saturated rings. The summed E-state index contributed by atoms with van der Waals surface area (Å²) in [5.41, 5.74) is 2.93. The van der Waals surface area contributed by atoms with E-state index in [0.29, 0.717) is 6.54 Å². The third-order valence-corrected chi connectivity index (χ3v) is 5.24. The second-order valence-electron chi connectivity index (χ2n) is 5.05. The third-order valence-electron chi connectivity index (χ3n) is 3.43. The summed E-state index contributed by atoms with van der Waals surface area (Å²) in [6, 6.07) is 6.81. The average Bonchev–Trinajstić information content (AvgIpc) is 2.77. The smallest absolute Gasteiger partial charge is 0.242 e. The molecule has 0 aliphatic carbocycles. The predicted molar refractivity (Wildman–Crippen MR) is 82.6 cm³/mol. The van der Waals surface area contributed by atoms with Crippen LogP contribution < -0.4 is 5.32 Å². The minimum Gasteiger partial charge on any atom is -0.381 e. The maximum atomic E-state index is 12.1. The van der Waals surface area contributed by atoms with Gasteiger partial charge in [0.2, 0.25) is 10.0 Å². The van der Waals surface area contributed by atoms with Gasteiger partial charge in [0.1, 0.15) is 0 Å². The summed E-state index contributed by atoms with van der Waals surface area (Å²) in [6.07, 6.45) is 1.81. The van der Waals surface area contributed by atoms with E-state index in [1.54, 1.807) is 18.2 Å². The number of anilines is 1. The third kappa shape index (κ3) is 3.25. The molecule has 21 heavy (non-hydrogen) atoms. The van der Waals surface area contributed by atoms with E-state index in [2.05, 4.69) is 10.4 Å². The second kappa shape index (κ2) is 5.87. The number of aromatic nitrogens is 2.